The number of carboxylic acid groups (broad SMARTS) is 3. The smallest absolute Gasteiger partial charge is 0.305 e. The standard InChI is InChI=1S/C18H28N4O10/c1-8(2)15(18(32)20-9(7-23)5-13(26)27)22-17(31)11(3-4-12(24)25)21-16(30)10(19)6-14(28)29/h7-11,15H,3-6,19H2,1-2H3,(H,20,32)(H,21,30)(H,22,31)(H,24,25)(H,26,27)(H,28,29). The Morgan fingerprint density at radius 1 is 0.812 bits per heavy atom. The van der Waals surface area contributed by atoms with Gasteiger partial charge in [0.15, 0.2) is 0 Å². The van der Waals surface area contributed by atoms with Gasteiger partial charge in [-0.3, -0.25) is 28.8 Å². The molecule has 180 valence electrons. The molecule has 0 heterocycles. The van der Waals surface area contributed by atoms with Crippen LogP contribution in [0.3, 0.4) is 0 Å². The van der Waals surface area contributed by atoms with Crippen LogP contribution in [0.5, 0.6) is 0 Å². The van der Waals surface area contributed by atoms with Gasteiger partial charge in [-0.15, -0.1) is 0 Å². The van der Waals surface area contributed by atoms with Gasteiger partial charge in [0.1, 0.15) is 18.4 Å². The van der Waals surface area contributed by atoms with Crippen molar-refractivity contribution in [1.29, 1.82) is 0 Å². The Bertz CT molecular complexity index is 739. The predicted molar refractivity (Wildman–Crippen MR) is 106 cm³/mol. The van der Waals surface area contributed by atoms with Gasteiger partial charge >= 0.3 is 17.9 Å². The molecule has 0 aromatic heterocycles. The van der Waals surface area contributed by atoms with E-state index in [2.05, 4.69) is 16.0 Å². The van der Waals surface area contributed by atoms with Gasteiger partial charge in [-0.1, -0.05) is 13.8 Å². The first-order valence-corrected chi connectivity index (χ1v) is 9.55. The summed E-state index contributed by atoms with van der Waals surface area (Å²) >= 11 is 0. The molecule has 0 saturated heterocycles. The number of aldehydes is 1. The fraction of sp³-hybridized carbons (Fsp3) is 0.611. The highest BCUT2D eigenvalue weighted by molar-refractivity contribution is 5.94. The average molecular weight is 460 g/mol. The maximum Gasteiger partial charge on any atom is 0.305 e. The van der Waals surface area contributed by atoms with E-state index in [-0.39, 0.29) is 12.7 Å². The molecule has 0 aliphatic heterocycles. The summed E-state index contributed by atoms with van der Waals surface area (Å²) in [5.41, 5.74) is 5.44. The molecule has 0 rings (SSSR count). The van der Waals surface area contributed by atoms with Crippen LogP contribution in [0.1, 0.15) is 39.5 Å². The zero-order valence-electron chi connectivity index (χ0n) is 17.6. The molecule has 0 radical (unpaired) electrons. The molecule has 0 spiro atoms. The summed E-state index contributed by atoms with van der Waals surface area (Å²) in [6.07, 6.45) is -2.09. The Hall–Kier alpha value is -3.55. The maximum absolute atomic E-state index is 12.7. The predicted octanol–water partition coefficient (Wildman–Crippen LogP) is -2.56. The van der Waals surface area contributed by atoms with Crippen LogP contribution in [0.25, 0.3) is 0 Å². The summed E-state index contributed by atoms with van der Waals surface area (Å²) < 4.78 is 0. The first kappa shape index (κ1) is 28.5. The second-order valence-corrected chi connectivity index (χ2v) is 7.28. The van der Waals surface area contributed by atoms with Crippen LogP contribution in [-0.4, -0.2) is 81.4 Å². The van der Waals surface area contributed by atoms with Crippen molar-refractivity contribution in [3.8, 4) is 0 Å². The lowest BCUT2D eigenvalue weighted by Gasteiger charge is -2.26. The Balaban J connectivity index is 5.42. The summed E-state index contributed by atoms with van der Waals surface area (Å²) in [7, 11) is 0. The van der Waals surface area contributed by atoms with Gasteiger partial charge in [-0.25, -0.2) is 0 Å². The number of aliphatic carboxylic acids is 3. The van der Waals surface area contributed by atoms with Crippen molar-refractivity contribution < 1.29 is 48.9 Å². The fourth-order valence-electron chi connectivity index (χ4n) is 2.48. The largest absolute Gasteiger partial charge is 0.481 e. The number of amides is 3. The van der Waals surface area contributed by atoms with E-state index in [1.54, 1.807) is 13.8 Å². The van der Waals surface area contributed by atoms with Crippen LogP contribution < -0.4 is 21.7 Å². The average Bonchev–Trinajstić information content (AvgIpc) is 2.66. The zero-order valence-corrected chi connectivity index (χ0v) is 17.6. The van der Waals surface area contributed by atoms with Crippen molar-refractivity contribution in [1.82, 2.24) is 16.0 Å². The van der Waals surface area contributed by atoms with Gasteiger partial charge in [-0.2, -0.15) is 0 Å². The number of carboxylic acids is 3. The Morgan fingerprint density at radius 3 is 1.81 bits per heavy atom. The molecule has 4 atom stereocenters. The molecule has 8 N–H and O–H groups in total. The summed E-state index contributed by atoms with van der Waals surface area (Å²) in [4.78, 5) is 80.5. The lowest BCUT2D eigenvalue weighted by atomic mass is 10.0. The van der Waals surface area contributed by atoms with Crippen LogP contribution in [0.15, 0.2) is 0 Å². The van der Waals surface area contributed by atoms with Gasteiger partial charge in [0, 0.05) is 6.42 Å². The quantitative estimate of drug-likeness (QED) is 0.125. The number of carbonyl (C=O) groups is 7. The van der Waals surface area contributed by atoms with E-state index in [1.807, 2.05) is 0 Å². The summed E-state index contributed by atoms with van der Waals surface area (Å²) in [6, 6.07) is -5.54. The van der Waals surface area contributed by atoms with Gasteiger partial charge in [0.25, 0.3) is 0 Å². The van der Waals surface area contributed by atoms with E-state index < -0.39 is 85.0 Å². The molecule has 0 bridgehead atoms. The van der Waals surface area contributed by atoms with Crippen LogP contribution in [0.2, 0.25) is 0 Å². The van der Waals surface area contributed by atoms with Crippen LogP contribution in [0, 0.1) is 5.92 Å². The summed E-state index contributed by atoms with van der Waals surface area (Å²) in [6.45, 7) is 3.09. The van der Waals surface area contributed by atoms with E-state index >= 15 is 0 Å². The second-order valence-electron chi connectivity index (χ2n) is 7.28. The number of nitrogens with two attached hydrogens (primary N) is 1. The molecular formula is C18H28N4O10. The van der Waals surface area contributed by atoms with Crippen LogP contribution in [0.4, 0.5) is 0 Å². The highest BCUT2D eigenvalue weighted by Crippen LogP contribution is 2.06. The number of nitrogens with one attached hydrogen (secondary N) is 3. The molecule has 0 aromatic carbocycles. The van der Waals surface area contributed by atoms with Gasteiger partial charge in [0.05, 0.1) is 24.9 Å². The third kappa shape index (κ3) is 11.0. The van der Waals surface area contributed by atoms with Crippen molar-refractivity contribution in [3.05, 3.63) is 0 Å². The maximum atomic E-state index is 12.7. The molecule has 14 heteroatoms. The van der Waals surface area contributed by atoms with E-state index in [9.17, 15) is 33.6 Å². The second kappa shape index (κ2) is 13.7. The van der Waals surface area contributed by atoms with Crippen molar-refractivity contribution in [2.24, 2.45) is 11.7 Å². The lowest BCUT2D eigenvalue weighted by molar-refractivity contribution is -0.141. The molecule has 32 heavy (non-hydrogen) atoms. The number of rotatable bonds is 15. The molecule has 0 aliphatic rings. The van der Waals surface area contributed by atoms with Crippen LogP contribution >= 0.6 is 0 Å². The summed E-state index contributed by atoms with van der Waals surface area (Å²) in [5, 5.41) is 33.0. The highest BCUT2D eigenvalue weighted by Gasteiger charge is 2.31. The normalized spacial score (nSPS) is 14.4. The SMILES string of the molecule is CC(C)C(NC(=O)C(CCC(=O)O)NC(=O)C(N)CC(=O)O)C(=O)NC(C=O)CC(=O)O. The van der Waals surface area contributed by atoms with Crippen LogP contribution in [-0.2, 0) is 33.6 Å². The molecule has 4 unspecified atom stereocenters. The Labute approximate surface area is 182 Å². The minimum Gasteiger partial charge on any atom is -0.481 e. The van der Waals surface area contributed by atoms with Gasteiger partial charge in [-0.05, 0) is 12.3 Å². The third-order valence-corrected chi connectivity index (χ3v) is 4.14. The molecule has 0 aromatic rings. The first-order chi connectivity index (χ1) is 14.8. The van der Waals surface area contributed by atoms with Crippen molar-refractivity contribution in [2.75, 3.05) is 0 Å². The first-order valence-electron chi connectivity index (χ1n) is 9.55. The van der Waals surface area contributed by atoms with Gasteiger partial charge in [0.2, 0.25) is 17.7 Å². The molecule has 0 saturated carbocycles. The Kier molecular flexibility index (Phi) is 12.2. The van der Waals surface area contributed by atoms with Gasteiger partial charge < -0.3 is 41.8 Å². The highest BCUT2D eigenvalue weighted by atomic mass is 16.4. The topological polar surface area (TPSA) is 242 Å². The number of hydrogen-bond acceptors (Lipinski definition) is 8. The minimum absolute atomic E-state index is 0.227. The van der Waals surface area contributed by atoms with E-state index in [4.69, 9.17) is 21.1 Å². The van der Waals surface area contributed by atoms with E-state index in [0.717, 1.165) is 0 Å². The molecular weight excluding hydrogens is 432 g/mol. The molecule has 14 nitrogen and oxygen atoms in total. The number of hydrogen-bond donors (Lipinski definition) is 7. The zero-order chi connectivity index (χ0) is 25.0. The van der Waals surface area contributed by atoms with Crippen molar-refractivity contribution in [3.63, 3.8) is 0 Å². The van der Waals surface area contributed by atoms with E-state index in [1.165, 1.54) is 0 Å². The number of carbonyl (C=O) groups excluding carboxylic acids is 4. The lowest BCUT2D eigenvalue weighted by Crippen LogP contribution is -2.58. The Morgan fingerprint density at radius 2 is 1.38 bits per heavy atom. The third-order valence-electron chi connectivity index (χ3n) is 4.14. The summed E-state index contributed by atoms with van der Waals surface area (Å²) in [5.74, 6) is -7.32. The fourth-order valence-corrected chi connectivity index (χ4v) is 2.48. The van der Waals surface area contributed by atoms with E-state index in [0.29, 0.717) is 0 Å². The van der Waals surface area contributed by atoms with Crippen molar-refractivity contribution >= 4 is 41.9 Å². The molecule has 3 amide bonds. The minimum atomic E-state index is -1.50. The van der Waals surface area contributed by atoms with Crippen molar-refractivity contribution in [2.45, 2.75) is 63.7 Å². The molecule has 0 aliphatic carbocycles. The monoisotopic (exact) mass is 460 g/mol. The molecule has 0 fully saturated rings.